The highest BCUT2D eigenvalue weighted by Crippen LogP contribution is 2.27. The first-order valence-electron chi connectivity index (χ1n) is 7.74. The highest BCUT2D eigenvalue weighted by molar-refractivity contribution is 7.13. The number of carbonyl (C=O) groups is 1. The van der Waals surface area contributed by atoms with Crippen LogP contribution >= 0.6 is 34.5 Å². The van der Waals surface area contributed by atoms with Gasteiger partial charge < -0.3 is 9.47 Å². The lowest BCUT2D eigenvalue weighted by Gasteiger charge is -2.06. The van der Waals surface area contributed by atoms with E-state index in [0.29, 0.717) is 21.3 Å². The summed E-state index contributed by atoms with van der Waals surface area (Å²) in [4.78, 5) is 16.6. The molecule has 3 rings (SSSR count). The van der Waals surface area contributed by atoms with Gasteiger partial charge in [-0.15, -0.1) is 11.3 Å². The number of rotatable bonds is 6. The molecule has 0 aliphatic carbocycles. The van der Waals surface area contributed by atoms with Crippen LogP contribution in [-0.4, -0.2) is 18.1 Å². The van der Waals surface area contributed by atoms with Gasteiger partial charge in [-0.05, 0) is 36.4 Å². The number of hydrogen-bond acceptors (Lipinski definition) is 5. The van der Waals surface area contributed by atoms with E-state index in [9.17, 15) is 4.79 Å². The maximum absolute atomic E-state index is 12.1. The number of ether oxygens (including phenoxy) is 2. The fourth-order valence-corrected chi connectivity index (χ4v) is 3.63. The van der Waals surface area contributed by atoms with Crippen LogP contribution in [0.3, 0.4) is 0 Å². The molecule has 0 bridgehead atoms. The Bertz CT molecular complexity index is 889. The lowest BCUT2D eigenvalue weighted by Crippen LogP contribution is -2.09. The zero-order chi connectivity index (χ0) is 18.5. The van der Waals surface area contributed by atoms with E-state index in [4.69, 9.17) is 32.7 Å². The Labute approximate surface area is 165 Å². The van der Waals surface area contributed by atoms with Gasteiger partial charge in [0.1, 0.15) is 17.4 Å². The molecule has 1 aromatic heterocycles. The highest BCUT2D eigenvalue weighted by Gasteiger charge is 2.13. The van der Waals surface area contributed by atoms with E-state index < -0.39 is 5.97 Å². The average molecular weight is 408 g/mol. The number of thiazole rings is 1. The summed E-state index contributed by atoms with van der Waals surface area (Å²) in [6.07, 6.45) is 0.0218. The van der Waals surface area contributed by atoms with Crippen molar-refractivity contribution in [2.24, 2.45) is 0 Å². The van der Waals surface area contributed by atoms with Crippen LogP contribution in [0.2, 0.25) is 10.0 Å². The molecule has 4 nitrogen and oxygen atoms in total. The van der Waals surface area contributed by atoms with E-state index in [1.54, 1.807) is 25.3 Å². The van der Waals surface area contributed by atoms with Crippen molar-refractivity contribution in [2.75, 3.05) is 7.11 Å². The third kappa shape index (κ3) is 4.55. The fraction of sp³-hybridized carbons (Fsp3) is 0.158. The molecule has 0 atom stereocenters. The van der Waals surface area contributed by atoms with Gasteiger partial charge in [0.15, 0.2) is 0 Å². The normalized spacial score (nSPS) is 10.6. The smallest absolute Gasteiger partial charge is 0.310 e. The Morgan fingerprint density at radius 1 is 1.12 bits per heavy atom. The molecule has 0 amide bonds. The Balaban J connectivity index is 1.60. The summed E-state index contributed by atoms with van der Waals surface area (Å²) in [6, 6.07) is 12.7. The van der Waals surface area contributed by atoms with Crippen LogP contribution < -0.4 is 4.74 Å². The summed E-state index contributed by atoms with van der Waals surface area (Å²) in [5.74, 6) is 0.386. The SMILES string of the molecule is COc1ccc(-c2nc(COC(=O)Cc3c(Cl)cccc3Cl)cs2)cc1. The summed E-state index contributed by atoms with van der Waals surface area (Å²) in [6.45, 7) is 0.105. The van der Waals surface area contributed by atoms with Crippen LogP contribution in [0.15, 0.2) is 47.8 Å². The number of hydrogen-bond donors (Lipinski definition) is 0. The molecule has 0 saturated heterocycles. The molecule has 26 heavy (non-hydrogen) atoms. The van der Waals surface area contributed by atoms with Crippen molar-refractivity contribution in [1.29, 1.82) is 0 Å². The maximum Gasteiger partial charge on any atom is 0.310 e. The van der Waals surface area contributed by atoms with Crippen molar-refractivity contribution in [1.82, 2.24) is 4.98 Å². The second kappa shape index (κ2) is 8.54. The van der Waals surface area contributed by atoms with Crippen LogP contribution in [0.5, 0.6) is 5.75 Å². The van der Waals surface area contributed by atoms with Crippen LogP contribution in [-0.2, 0) is 22.6 Å². The number of nitrogens with zero attached hydrogens (tertiary/aromatic N) is 1. The van der Waals surface area contributed by atoms with Gasteiger partial charge >= 0.3 is 5.97 Å². The lowest BCUT2D eigenvalue weighted by atomic mass is 10.1. The molecule has 0 unspecified atom stereocenters. The summed E-state index contributed by atoms with van der Waals surface area (Å²) in [7, 11) is 1.63. The van der Waals surface area contributed by atoms with Gasteiger partial charge in [-0.25, -0.2) is 4.98 Å². The van der Waals surface area contributed by atoms with Gasteiger partial charge in [-0.1, -0.05) is 29.3 Å². The number of methoxy groups -OCH3 is 1. The van der Waals surface area contributed by atoms with Crippen molar-refractivity contribution in [3.63, 3.8) is 0 Å². The molecule has 0 radical (unpaired) electrons. The summed E-state index contributed by atoms with van der Waals surface area (Å²) in [5, 5.41) is 3.62. The molecule has 3 aromatic rings. The first-order chi connectivity index (χ1) is 12.6. The van der Waals surface area contributed by atoms with Crippen molar-refractivity contribution < 1.29 is 14.3 Å². The fourth-order valence-electron chi connectivity index (χ4n) is 2.29. The van der Waals surface area contributed by atoms with E-state index in [0.717, 1.165) is 16.3 Å². The number of esters is 1. The van der Waals surface area contributed by atoms with Crippen LogP contribution in [0, 0.1) is 0 Å². The minimum absolute atomic E-state index is 0.0218. The predicted octanol–water partition coefficient (Wildman–Crippen LogP) is 5.41. The van der Waals surface area contributed by atoms with E-state index in [-0.39, 0.29) is 13.0 Å². The minimum atomic E-state index is -0.404. The van der Waals surface area contributed by atoms with Gasteiger partial charge in [0.25, 0.3) is 0 Å². The van der Waals surface area contributed by atoms with Gasteiger partial charge in [-0.2, -0.15) is 0 Å². The summed E-state index contributed by atoms with van der Waals surface area (Å²) < 4.78 is 10.4. The van der Waals surface area contributed by atoms with Crippen LogP contribution in [0.1, 0.15) is 11.3 Å². The molecule has 0 spiro atoms. The summed E-state index contributed by atoms with van der Waals surface area (Å²) in [5.41, 5.74) is 2.24. The number of carbonyl (C=O) groups excluding carboxylic acids is 1. The number of benzene rings is 2. The van der Waals surface area contributed by atoms with Gasteiger partial charge in [0.2, 0.25) is 0 Å². The molecule has 134 valence electrons. The topological polar surface area (TPSA) is 48.4 Å². The third-order valence-corrected chi connectivity index (χ3v) is 5.30. The lowest BCUT2D eigenvalue weighted by molar-refractivity contribution is -0.144. The third-order valence-electron chi connectivity index (χ3n) is 3.65. The predicted molar refractivity (Wildman–Crippen MR) is 104 cm³/mol. The molecular formula is C19H15Cl2NO3S. The van der Waals surface area contributed by atoms with Gasteiger partial charge in [0, 0.05) is 26.6 Å². The number of aromatic nitrogens is 1. The molecule has 0 fully saturated rings. The van der Waals surface area contributed by atoms with Crippen molar-refractivity contribution in [3.8, 4) is 16.3 Å². The quantitative estimate of drug-likeness (QED) is 0.512. The van der Waals surface area contributed by atoms with Gasteiger partial charge in [0.05, 0.1) is 19.2 Å². The Hall–Kier alpha value is -2.08. The molecule has 7 heteroatoms. The van der Waals surface area contributed by atoms with Crippen molar-refractivity contribution in [2.45, 2.75) is 13.0 Å². The molecule has 2 aromatic carbocycles. The molecule has 0 saturated carbocycles. The Morgan fingerprint density at radius 3 is 2.46 bits per heavy atom. The van der Waals surface area contributed by atoms with E-state index in [1.165, 1.54) is 11.3 Å². The van der Waals surface area contributed by atoms with E-state index >= 15 is 0 Å². The van der Waals surface area contributed by atoms with Crippen LogP contribution in [0.25, 0.3) is 10.6 Å². The molecule has 0 aliphatic heterocycles. The second-order valence-corrected chi connectivity index (χ2v) is 7.08. The highest BCUT2D eigenvalue weighted by atomic mass is 35.5. The van der Waals surface area contributed by atoms with Crippen LogP contribution in [0.4, 0.5) is 0 Å². The average Bonchev–Trinajstić information content (AvgIpc) is 3.12. The van der Waals surface area contributed by atoms with Crippen molar-refractivity contribution >= 4 is 40.5 Å². The first kappa shape index (κ1) is 18.7. The van der Waals surface area contributed by atoms with E-state index in [2.05, 4.69) is 4.98 Å². The Kier molecular flexibility index (Phi) is 6.14. The zero-order valence-corrected chi connectivity index (χ0v) is 16.2. The molecular weight excluding hydrogens is 393 g/mol. The van der Waals surface area contributed by atoms with Gasteiger partial charge in [-0.3, -0.25) is 4.79 Å². The monoisotopic (exact) mass is 407 g/mol. The second-order valence-electron chi connectivity index (χ2n) is 5.41. The summed E-state index contributed by atoms with van der Waals surface area (Å²) >= 11 is 13.6. The standard InChI is InChI=1S/C19H15Cl2NO3S/c1-24-14-7-5-12(6-8-14)19-22-13(11-26-19)10-25-18(23)9-15-16(20)3-2-4-17(15)21/h2-8,11H,9-10H2,1H3. The first-order valence-corrected chi connectivity index (χ1v) is 9.37. The number of halogens is 2. The van der Waals surface area contributed by atoms with E-state index in [1.807, 2.05) is 29.6 Å². The minimum Gasteiger partial charge on any atom is -0.497 e. The largest absolute Gasteiger partial charge is 0.497 e. The molecule has 0 aliphatic rings. The zero-order valence-electron chi connectivity index (χ0n) is 13.9. The molecule has 1 heterocycles. The Morgan fingerprint density at radius 2 is 1.81 bits per heavy atom. The van der Waals surface area contributed by atoms with Crippen molar-refractivity contribution in [3.05, 3.63) is 69.1 Å². The molecule has 0 N–H and O–H groups in total. The maximum atomic E-state index is 12.1.